The average Bonchev–Trinajstić information content (AvgIpc) is 2.51. The lowest BCUT2D eigenvalue weighted by Gasteiger charge is -2.20. The fourth-order valence-corrected chi connectivity index (χ4v) is 2.25. The highest BCUT2D eigenvalue weighted by atomic mass is 16.4. The molecule has 7 heteroatoms. The van der Waals surface area contributed by atoms with Crippen LogP contribution in [-0.4, -0.2) is 23.5 Å². The second-order valence-corrected chi connectivity index (χ2v) is 5.53. The molecule has 0 radical (unpaired) electrons. The molecule has 1 aromatic heterocycles. The molecule has 0 spiro atoms. The van der Waals surface area contributed by atoms with E-state index in [0.717, 1.165) is 0 Å². The third-order valence-corrected chi connectivity index (χ3v) is 3.22. The third kappa shape index (κ3) is 4.30. The monoisotopic (exact) mass is 314 g/mol. The summed E-state index contributed by atoms with van der Waals surface area (Å²) >= 11 is 0. The predicted molar refractivity (Wildman–Crippen MR) is 85.8 cm³/mol. The minimum atomic E-state index is -0.730. The number of carbonyl (C=O) groups excluding carboxylic acids is 1. The second kappa shape index (κ2) is 7.40. The summed E-state index contributed by atoms with van der Waals surface area (Å²) in [6, 6.07) is 8.24. The number of anilines is 1. The zero-order chi connectivity index (χ0) is 16.8. The summed E-state index contributed by atoms with van der Waals surface area (Å²) in [5.74, 6) is -0.493. The van der Waals surface area contributed by atoms with E-state index >= 15 is 0 Å². The number of amides is 1. The van der Waals surface area contributed by atoms with Gasteiger partial charge < -0.3 is 15.1 Å². The Morgan fingerprint density at radius 1 is 1.39 bits per heavy atom. The van der Waals surface area contributed by atoms with E-state index in [4.69, 9.17) is 9.68 Å². The van der Waals surface area contributed by atoms with Crippen molar-refractivity contribution >= 4 is 22.7 Å². The van der Waals surface area contributed by atoms with Gasteiger partial charge in [-0.3, -0.25) is 4.79 Å². The van der Waals surface area contributed by atoms with Crippen LogP contribution in [0.15, 0.2) is 33.5 Å². The van der Waals surface area contributed by atoms with Crippen LogP contribution in [0.3, 0.4) is 0 Å². The first-order valence-electron chi connectivity index (χ1n) is 7.32. The highest BCUT2D eigenvalue weighted by Gasteiger charge is 2.21. The quantitative estimate of drug-likeness (QED) is 0.785. The molecule has 2 rings (SSSR count). The number of rotatable bonds is 6. The van der Waals surface area contributed by atoms with E-state index in [-0.39, 0.29) is 18.4 Å². The minimum Gasteiger partial charge on any atom is -0.408 e. The minimum absolute atomic E-state index is 0.0692. The van der Waals surface area contributed by atoms with Gasteiger partial charge in [0.1, 0.15) is 24.0 Å². The molecule has 1 amide bonds. The van der Waals surface area contributed by atoms with E-state index in [2.05, 4.69) is 15.6 Å². The number of hydrogen-bond acceptors (Lipinski definition) is 6. The standard InChI is InChI=1S/C16H18N4O3/c1-10(2)9-12(15(21)18-8-7-17)19-14-11-5-3-4-6-13(11)23-16(22)20-14/h3-6,10,12H,8-9H2,1-2H3,(H,18,21)(H,19,20,22)/t12-/m0/s1. The van der Waals surface area contributed by atoms with Crippen molar-refractivity contribution in [3.05, 3.63) is 34.8 Å². The summed E-state index contributed by atoms with van der Waals surface area (Å²) in [7, 11) is 0. The number of fused-ring (bicyclic) bond motifs is 1. The van der Waals surface area contributed by atoms with Gasteiger partial charge in [0.25, 0.3) is 0 Å². The van der Waals surface area contributed by atoms with Crippen LogP contribution in [0.2, 0.25) is 0 Å². The van der Waals surface area contributed by atoms with Crippen LogP contribution in [0.4, 0.5) is 5.82 Å². The number of benzene rings is 1. The number of aromatic nitrogens is 1. The van der Waals surface area contributed by atoms with Gasteiger partial charge >= 0.3 is 5.76 Å². The van der Waals surface area contributed by atoms with E-state index in [9.17, 15) is 9.59 Å². The maximum Gasteiger partial charge on any atom is 0.441 e. The molecular weight excluding hydrogens is 296 g/mol. The first kappa shape index (κ1) is 16.5. The summed E-state index contributed by atoms with van der Waals surface area (Å²) in [4.78, 5) is 27.6. The fraction of sp³-hybridized carbons (Fsp3) is 0.375. The van der Waals surface area contributed by atoms with E-state index in [0.29, 0.717) is 23.2 Å². The number of hydrogen-bond donors (Lipinski definition) is 2. The van der Waals surface area contributed by atoms with Crippen LogP contribution in [0.1, 0.15) is 20.3 Å². The molecule has 23 heavy (non-hydrogen) atoms. The van der Waals surface area contributed by atoms with E-state index in [1.54, 1.807) is 24.3 Å². The molecule has 0 saturated carbocycles. The molecule has 7 nitrogen and oxygen atoms in total. The molecule has 1 heterocycles. The topological polar surface area (TPSA) is 108 Å². The van der Waals surface area contributed by atoms with Crippen LogP contribution in [-0.2, 0) is 4.79 Å². The molecule has 0 aliphatic heterocycles. The van der Waals surface area contributed by atoms with Gasteiger partial charge in [-0.25, -0.2) is 4.79 Å². The lowest BCUT2D eigenvalue weighted by molar-refractivity contribution is -0.121. The van der Waals surface area contributed by atoms with Crippen molar-refractivity contribution in [2.45, 2.75) is 26.3 Å². The van der Waals surface area contributed by atoms with Gasteiger partial charge in [0.15, 0.2) is 0 Å². The molecule has 120 valence electrons. The number of nitrogens with zero attached hydrogens (tertiary/aromatic N) is 2. The van der Waals surface area contributed by atoms with Crippen LogP contribution >= 0.6 is 0 Å². The highest BCUT2D eigenvalue weighted by molar-refractivity contribution is 5.91. The Labute approximate surface area is 133 Å². The summed E-state index contributed by atoms with van der Waals surface area (Å²) in [6.07, 6.45) is 0.535. The molecule has 0 saturated heterocycles. The maximum absolute atomic E-state index is 12.2. The molecule has 2 N–H and O–H groups in total. The maximum atomic E-state index is 12.2. The van der Waals surface area contributed by atoms with Crippen molar-refractivity contribution in [2.24, 2.45) is 5.92 Å². The predicted octanol–water partition coefficient (Wildman–Crippen LogP) is 1.65. The van der Waals surface area contributed by atoms with Crippen molar-refractivity contribution in [1.29, 1.82) is 5.26 Å². The van der Waals surface area contributed by atoms with Gasteiger partial charge in [0.2, 0.25) is 5.91 Å². The lowest BCUT2D eigenvalue weighted by atomic mass is 10.0. The molecule has 0 fully saturated rings. The molecule has 2 aromatic rings. The Morgan fingerprint density at radius 2 is 2.13 bits per heavy atom. The smallest absolute Gasteiger partial charge is 0.408 e. The van der Waals surface area contributed by atoms with Gasteiger partial charge in [0, 0.05) is 0 Å². The zero-order valence-electron chi connectivity index (χ0n) is 13.0. The van der Waals surface area contributed by atoms with Crippen molar-refractivity contribution in [2.75, 3.05) is 11.9 Å². The molecule has 0 bridgehead atoms. The number of nitriles is 1. The Kier molecular flexibility index (Phi) is 5.31. The Hall–Kier alpha value is -2.88. The Bertz CT molecular complexity index is 792. The number of carbonyl (C=O) groups is 1. The highest BCUT2D eigenvalue weighted by Crippen LogP contribution is 2.21. The van der Waals surface area contributed by atoms with Crippen LogP contribution in [0.5, 0.6) is 0 Å². The van der Waals surface area contributed by atoms with Crippen LogP contribution in [0, 0.1) is 17.2 Å². The second-order valence-electron chi connectivity index (χ2n) is 5.53. The number of para-hydroxylation sites is 1. The largest absolute Gasteiger partial charge is 0.441 e. The third-order valence-electron chi connectivity index (χ3n) is 3.22. The molecule has 0 aliphatic carbocycles. The summed E-state index contributed by atoms with van der Waals surface area (Å²) in [6.45, 7) is 3.90. The van der Waals surface area contributed by atoms with Gasteiger partial charge in [-0.1, -0.05) is 26.0 Å². The van der Waals surface area contributed by atoms with Crippen molar-refractivity contribution < 1.29 is 9.21 Å². The van der Waals surface area contributed by atoms with Gasteiger partial charge in [-0.2, -0.15) is 10.2 Å². The average molecular weight is 314 g/mol. The van der Waals surface area contributed by atoms with Crippen molar-refractivity contribution in [3.8, 4) is 6.07 Å². The van der Waals surface area contributed by atoms with Crippen molar-refractivity contribution in [1.82, 2.24) is 10.3 Å². The van der Waals surface area contributed by atoms with Crippen LogP contribution in [0.25, 0.3) is 11.0 Å². The zero-order valence-corrected chi connectivity index (χ0v) is 13.0. The first-order valence-corrected chi connectivity index (χ1v) is 7.32. The van der Waals surface area contributed by atoms with Gasteiger partial charge in [-0.15, -0.1) is 0 Å². The normalized spacial score (nSPS) is 11.9. The Balaban J connectivity index is 2.34. The SMILES string of the molecule is CC(C)C[C@H](Nc1nc(=O)oc2ccccc12)C(=O)NCC#N. The summed E-state index contributed by atoms with van der Waals surface area (Å²) < 4.78 is 5.04. The van der Waals surface area contributed by atoms with E-state index in [1.165, 1.54) is 0 Å². The molecule has 0 aliphatic rings. The van der Waals surface area contributed by atoms with Gasteiger partial charge in [0.05, 0.1) is 11.5 Å². The number of nitrogens with one attached hydrogen (secondary N) is 2. The summed E-state index contributed by atoms with van der Waals surface area (Å²) in [5.41, 5.74) is 0.399. The molecule has 0 unspecified atom stereocenters. The first-order chi connectivity index (χ1) is 11.0. The lowest BCUT2D eigenvalue weighted by Crippen LogP contribution is -2.41. The van der Waals surface area contributed by atoms with E-state index < -0.39 is 11.8 Å². The van der Waals surface area contributed by atoms with Gasteiger partial charge in [-0.05, 0) is 24.5 Å². The Morgan fingerprint density at radius 3 is 2.83 bits per heavy atom. The molecule has 1 atom stereocenters. The summed E-state index contributed by atoms with van der Waals surface area (Å²) in [5, 5.41) is 14.8. The van der Waals surface area contributed by atoms with Crippen molar-refractivity contribution in [3.63, 3.8) is 0 Å². The van der Waals surface area contributed by atoms with E-state index in [1.807, 2.05) is 19.9 Å². The fourth-order valence-electron chi connectivity index (χ4n) is 2.25. The van der Waals surface area contributed by atoms with Crippen LogP contribution < -0.4 is 16.4 Å². The molecular formula is C16H18N4O3. The molecule has 1 aromatic carbocycles.